The molecule has 0 aliphatic rings. The van der Waals surface area contributed by atoms with Crippen LogP contribution in [-0.2, 0) is 0 Å². The Morgan fingerprint density at radius 2 is 2.08 bits per heavy atom. The Labute approximate surface area is 84.4 Å². The van der Waals surface area contributed by atoms with Gasteiger partial charge in [-0.15, -0.1) is 23.1 Å². The van der Waals surface area contributed by atoms with Crippen LogP contribution < -0.4 is 5.43 Å². The third-order valence-electron chi connectivity index (χ3n) is 1.81. The molecule has 0 bridgehead atoms. The predicted octanol–water partition coefficient (Wildman–Crippen LogP) is 2.98. The molecule has 0 spiro atoms. The minimum Gasteiger partial charge on any atom is -0.289 e. The van der Waals surface area contributed by atoms with Crippen LogP contribution in [0, 0.1) is 0 Å². The summed E-state index contributed by atoms with van der Waals surface area (Å²) < 4.78 is 2.14. The molecule has 3 heteroatoms. The quantitative estimate of drug-likeness (QED) is 0.670. The van der Waals surface area contributed by atoms with Crippen LogP contribution in [0.3, 0.4) is 0 Å². The lowest BCUT2D eigenvalue weighted by molar-refractivity contribution is 1.60. The molecule has 0 saturated carbocycles. The Morgan fingerprint density at radius 3 is 2.85 bits per heavy atom. The van der Waals surface area contributed by atoms with Gasteiger partial charge in [0.1, 0.15) is 0 Å². The lowest BCUT2D eigenvalue weighted by Crippen LogP contribution is -1.97. The fourth-order valence-electron chi connectivity index (χ4n) is 1.18. The van der Waals surface area contributed by atoms with E-state index in [-0.39, 0.29) is 5.43 Å². The van der Waals surface area contributed by atoms with Crippen molar-refractivity contribution in [1.29, 1.82) is 0 Å². The van der Waals surface area contributed by atoms with Crippen molar-refractivity contribution >= 4 is 33.2 Å². The summed E-state index contributed by atoms with van der Waals surface area (Å²) >= 11 is 3.28. The topological polar surface area (TPSA) is 17.1 Å². The molecule has 1 heterocycles. The van der Waals surface area contributed by atoms with Gasteiger partial charge in [-0.25, -0.2) is 0 Å². The van der Waals surface area contributed by atoms with E-state index in [0.29, 0.717) is 0 Å². The SMILES string of the molecule is CSc1cc(=O)c2ccccc2s1. The molecule has 2 rings (SSSR count). The average Bonchev–Trinajstić information content (AvgIpc) is 2.18. The highest BCUT2D eigenvalue weighted by molar-refractivity contribution is 8.00. The van der Waals surface area contributed by atoms with Crippen molar-refractivity contribution in [2.75, 3.05) is 6.26 Å². The molecule has 0 aliphatic heterocycles. The summed E-state index contributed by atoms with van der Waals surface area (Å²) in [5, 5.41) is 0.824. The zero-order valence-corrected chi connectivity index (χ0v) is 8.74. The maximum atomic E-state index is 11.6. The second-order valence-electron chi connectivity index (χ2n) is 2.63. The molecule has 0 fully saturated rings. The second kappa shape index (κ2) is 3.52. The highest BCUT2D eigenvalue weighted by Gasteiger charge is 2.00. The number of thioether (sulfide) groups is 1. The first kappa shape index (κ1) is 8.78. The lowest BCUT2D eigenvalue weighted by atomic mass is 10.2. The van der Waals surface area contributed by atoms with E-state index in [1.54, 1.807) is 29.2 Å². The van der Waals surface area contributed by atoms with Crippen LogP contribution in [0.1, 0.15) is 0 Å². The first-order valence-electron chi connectivity index (χ1n) is 3.88. The van der Waals surface area contributed by atoms with Gasteiger partial charge in [-0.05, 0) is 18.4 Å². The first-order valence-corrected chi connectivity index (χ1v) is 5.92. The van der Waals surface area contributed by atoms with E-state index in [0.717, 1.165) is 14.3 Å². The molecule has 13 heavy (non-hydrogen) atoms. The monoisotopic (exact) mass is 208 g/mol. The van der Waals surface area contributed by atoms with Gasteiger partial charge in [-0.2, -0.15) is 0 Å². The summed E-state index contributed by atoms with van der Waals surface area (Å²) in [5.74, 6) is 0. The molecule has 1 aromatic heterocycles. The molecule has 2 aromatic rings. The third kappa shape index (κ3) is 1.62. The van der Waals surface area contributed by atoms with Crippen molar-refractivity contribution in [3.05, 3.63) is 40.6 Å². The van der Waals surface area contributed by atoms with E-state index in [4.69, 9.17) is 0 Å². The maximum Gasteiger partial charge on any atom is 0.189 e. The van der Waals surface area contributed by atoms with Crippen LogP contribution >= 0.6 is 23.1 Å². The van der Waals surface area contributed by atoms with Crippen LogP contribution in [0.5, 0.6) is 0 Å². The summed E-state index contributed by atoms with van der Waals surface area (Å²) in [6, 6.07) is 9.43. The van der Waals surface area contributed by atoms with Gasteiger partial charge < -0.3 is 0 Å². The molecule has 0 radical (unpaired) electrons. The van der Waals surface area contributed by atoms with E-state index in [1.807, 2.05) is 30.5 Å². The van der Waals surface area contributed by atoms with Gasteiger partial charge in [-0.3, -0.25) is 4.79 Å². The van der Waals surface area contributed by atoms with Crippen LogP contribution in [-0.4, -0.2) is 6.26 Å². The Kier molecular flexibility index (Phi) is 2.38. The fraction of sp³-hybridized carbons (Fsp3) is 0.100. The summed E-state index contributed by atoms with van der Waals surface area (Å²) in [7, 11) is 0. The number of hydrogen-bond acceptors (Lipinski definition) is 3. The van der Waals surface area contributed by atoms with Crippen molar-refractivity contribution in [2.45, 2.75) is 4.21 Å². The Balaban J connectivity index is 2.85. The van der Waals surface area contributed by atoms with E-state index >= 15 is 0 Å². The molecule has 1 nitrogen and oxygen atoms in total. The van der Waals surface area contributed by atoms with Gasteiger partial charge in [0.2, 0.25) is 0 Å². The normalized spacial score (nSPS) is 10.5. The van der Waals surface area contributed by atoms with E-state index in [9.17, 15) is 4.79 Å². The Hall–Kier alpha value is -0.800. The summed E-state index contributed by atoms with van der Waals surface area (Å²) in [5.41, 5.74) is 0.124. The minimum atomic E-state index is 0.124. The highest BCUT2D eigenvalue weighted by Crippen LogP contribution is 2.24. The van der Waals surface area contributed by atoms with E-state index in [2.05, 4.69) is 0 Å². The molecule has 66 valence electrons. The largest absolute Gasteiger partial charge is 0.289 e. The molecule has 0 N–H and O–H groups in total. The standard InChI is InChI=1S/C10H8OS2/c1-12-10-6-8(11)7-4-2-3-5-9(7)13-10/h2-6H,1H3. The second-order valence-corrected chi connectivity index (χ2v) is 4.82. The molecule has 1 aromatic carbocycles. The van der Waals surface area contributed by atoms with Gasteiger partial charge in [0.05, 0.1) is 4.21 Å². The minimum absolute atomic E-state index is 0.124. The summed E-state index contributed by atoms with van der Waals surface area (Å²) in [6.45, 7) is 0. The average molecular weight is 208 g/mol. The lowest BCUT2D eigenvalue weighted by Gasteiger charge is -1.97. The third-order valence-corrected chi connectivity index (χ3v) is 3.98. The molecule has 0 saturated heterocycles. The zero-order chi connectivity index (χ0) is 9.26. The summed E-state index contributed by atoms with van der Waals surface area (Å²) in [6.07, 6.45) is 1.99. The highest BCUT2D eigenvalue weighted by atomic mass is 32.2. The maximum absolute atomic E-state index is 11.6. The molecule has 0 atom stereocenters. The van der Waals surface area contributed by atoms with Crippen LogP contribution in [0.2, 0.25) is 0 Å². The number of benzene rings is 1. The number of rotatable bonds is 1. The summed E-state index contributed by atoms with van der Waals surface area (Å²) in [4.78, 5) is 11.6. The van der Waals surface area contributed by atoms with Crippen LogP contribution in [0.15, 0.2) is 39.3 Å². The first-order chi connectivity index (χ1) is 6.31. The van der Waals surface area contributed by atoms with Gasteiger partial charge in [0.25, 0.3) is 0 Å². The van der Waals surface area contributed by atoms with Crippen molar-refractivity contribution in [3.8, 4) is 0 Å². The predicted molar refractivity (Wildman–Crippen MR) is 59.9 cm³/mol. The Morgan fingerprint density at radius 1 is 1.31 bits per heavy atom. The molecule has 0 aliphatic carbocycles. The molecule has 0 unspecified atom stereocenters. The van der Waals surface area contributed by atoms with Crippen molar-refractivity contribution in [2.24, 2.45) is 0 Å². The zero-order valence-electron chi connectivity index (χ0n) is 7.11. The molecular formula is C10H8OS2. The van der Waals surface area contributed by atoms with Crippen LogP contribution in [0.25, 0.3) is 10.1 Å². The van der Waals surface area contributed by atoms with Crippen molar-refractivity contribution < 1.29 is 0 Å². The number of fused-ring (bicyclic) bond motifs is 1. The van der Waals surface area contributed by atoms with Gasteiger partial charge >= 0.3 is 0 Å². The van der Waals surface area contributed by atoms with Crippen molar-refractivity contribution in [1.82, 2.24) is 0 Å². The van der Waals surface area contributed by atoms with Gasteiger partial charge in [0.15, 0.2) is 5.43 Å². The Bertz CT molecular complexity index is 487. The van der Waals surface area contributed by atoms with Gasteiger partial charge in [0, 0.05) is 16.2 Å². The molecule has 0 amide bonds. The van der Waals surface area contributed by atoms with Crippen LogP contribution in [0.4, 0.5) is 0 Å². The van der Waals surface area contributed by atoms with E-state index < -0.39 is 0 Å². The number of hydrogen-bond donors (Lipinski definition) is 0. The fourth-order valence-corrected chi connectivity index (χ4v) is 2.82. The van der Waals surface area contributed by atoms with Crippen molar-refractivity contribution in [3.63, 3.8) is 0 Å². The van der Waals surface area contributed by atoms with Gasteiger partial charge in [-0.1, -0.05) is 12.1 Å². The molecular weight excluding hydrogens is 200 g/mol. The smallest absolute Gasteiger partial charge is 0.189 e. The van der Waals surface area contributed by atoms with E-state index in [1.165, 1.54) is 0 Å².